The third-order valence-corrected chi connectivity index (χ3v) is 18.0. The molecule has 18 aromatic rings. The van der Waals surface area contributed by atoms with Crippen LogP contribution in [0.4, 0.5) is 0 Å². The van der Waals surface area contributed by atoms with E-state index in [0.717, 1.165) is 93.2 Å². The maximum absolute atomic E-state index is 7.73. The molecule has 0 atom stereocenters. The molecule has 388 valence electrons. The third-order valence-electron chi connectivity index (χ3n) is 18.0. The van der Waals surface area contributed by atoms with E-state index in [1.807, 2.05) is 0 Å². The normalized spacial score (nSPS) is 12.0. The highest BCUT2D eigenvalue weighted by Crippen LogP contribution is 2.54. The summed E-state index contributed by atoms with van der Waals surface area (Å²) >= 11 is 0. The number of fused-ring (bicyclic) bond motifs is 15. The van der Waals surface area contributed by atoms with Crippen LogP contribution in [0.5, 0.6) is 0 Å². The van der Waals surface area contributed by atoms with Crippen molar-refractivity contribution < 1.29 is 8.83 Å². The lowest BCUT2D eigenvalue weighted by atomic mass is 9.83. The Morgan fingerprint density at radius 1 is 0.179 bits per heavy atom. The van der Waals surface area contributed by atoms with Crippen LogP contribution in [0, 0.1) is 0 Å². The minimum Gasteiger partial charge on any atom is -0.455 e. The minimum absolute atomic E-state index is 0.824. The summed E-state index contributed by atoms with van der Waals surface area (Å²) in [6.07, 6.45) is 0. The molecule has 0 spiro atoms. The molecule has 0 saturated heterocycles. The van der Waals surface area contributed by atoms with Gasteiger partial charge in [-0.15, -0.1) is 0 Å². The highest BCUT2D eigenvalue weighted by Gasteiger charge is 2.28. The van der Waals surface area contributed by atoms with Crippen molar-refractivity contribution in [2.75, 3.05) is 0 Å². The lowest BCUT2D eigenvalue weighted by Gasteiger charge is -2.20. The first-order valence-electron chi connectivity index (χ1n) is 29.0. The van der Waals surface area contributed by atoms with Gasteiger partial charge in [0, 0.05) is 49.2 Å². The average molecular weight is 1070 g/mol. The summed E-state index contributed by atoms with van der Waals surface area (Å²) in [7, 11) is 0. The van der Waals surface area contributed by atoms with E-state index in [2.05, 4.69) is 291 Å². The highest BCUT2D eigenvalue weighted by atomic mass is 16.3. The monoisotopic (exact) mass is 1060 g/mol. The highest BCUT2D eigenvalue weighted by molar-refractivity contribution is 6.37. The Morgan fingerprint density at radius 2 is 0.452 bits per heavy atom. The Hall–Kier alpha value is -11.1. The van der Waals surface area contributed by atoms with Crippen molar-refractivity contribution in [2.24, 2.45) is 0 Å². The molecule has 0 fully saturated rings. The van der Waals surface area contributed by atoms with Gasteiger partial charge in [-0.1, -0.05) is 261 Å². The molecule has 2 heterocycles. The van der Waals surface area contributed by atoms with Crippen molar-refractivity contribution in [1.29, 1.82) is 0 Å². The molecule has 2 nitrogen and oxygen atoms in total. The van der Waals surface area contributed by atoms with E-state index in [-0.39, 0.29) is 0 Å². The lowest BCUT2D eigenvalue weighted by molar-refractivity contribution is 0.670. The van der Waals surface area contributed by atoms with Crippen molar-refractivity contribution in [2.45, 2.75) is 0 Å². The second-order valence-electron chi connectivity index (χ2n) is 22.4. The third kappa shape index (κ3) is 6.74. The lowest BCUT2D eigenvalue weighted by Crippen LogP contribution is -1.93. The Morgan fingerprint density at radius 3 is 0.810 bits per heavy atom. The van der Waals surface area contributed by atoms with Gasteiger partial charge in [-0.25, -0.2) is 0 Å². The van der Waals surface area contributed by atoms with Crippen LogP contribution in [0.15, 0.2) is 300 Å². The average Bonchev–Trinajstić information content (AvgIpc) is 1.92. The molecule has 0 bridgehead atoms. The van der Waals surface area contributed by atoms with E-state index in [1.54, 1.807) is 0 Å². The molecule has 16 aromatic carbocycles. The number of benzene rings is 16. The molecule has 0 amide bonds. The fourth-order valence-electron chi connectivity index (χ4n) is 14.6. The van der Waals surface area contributed by atoms with E-state index < -0.39 is 0 Å². The standard InChI is InChI=1S/C82H48O2/c1-4-24-49(25-5-1)72-54-30-10-12-32-56(54)75(57-33-13-11-31-55(57)72)52-44-45-67-71(48-52)84-82-69(78-64-40-20-16-36-60(64)74(51-28-8-3-9-29-51)61-37-17-21-41-65(61)78)47-53-46-68(81-79(76(53)80(67)82)66-42-22-23-43-70(66)83-81)77-62-38-18-14-34-58(62)73(50-26-6-2-7-27-50)59-35-15-19-39-63(59)77/h1-48H. The van der Waals surface area contributed by atoms with Crippen LogP contribution in [0.3, 0.4) is 0 Å². The van der Waals surface area contributed by atoms with Crippen LogP contribution in [-0.2, 0) is 0 Å². The molecule has 0 aliphatic rings. The van der Waals surface area contributed by atoms with Crippen LogP contribution in [-0.4, -0.2) is 0 Å². The number of furan rings is 2. The maximum atomic E-state index is 7.73. The predicted molar refractivity (Wildman–Crippen MR) is 356 cm³/mol. The van der Waals surface area contributed by atoms with Crippen molar-refractivity contribution in [1.82, 2.24) is 0 Å². The van der Waals surface area contributed by atoms with Gasteiger partial charge >= 0.3 is 0 Å². The number of para-hydroxylation sites is 1. The number of hydrogen-bond acceptors (Lipinski definition) is 2. The van der Waals surface area contributed by atoms with Crippen LogP contribution in [0.1, 0.15) is 0 Å². The predicted octanol–water partition coefficient (Wildman–Crippen LogP) is 23.6. The smallest absolute Gasteiger partial charge is 0.143 e. The van der Waals surface area contributed by atoms with Crippen LogP contribution in [0.2, 0.25) is 0 Å². The number of rotatable bonds is 6. The summed E-state index contributed by atoms with van der Waals surface area (Å²) in [5, 5.41) is 20.7. The molecule has 2 aromatic heterocycles. The zero-order valence-electron chi connectivity index (χ0n) is 45.5. The summed E-state index contributed by atoms with van der Waals surface area (Å²) in [4.78, 5) is 0. The van der Waals surface area contributed by atoms with Crippen molar-refractivity contribution in [3.05, 3.63) is 291 Å². The van der Waals surface area contributed by atoms with Gasteiger partial charge in [-0.2, -0.15) is 0 Å². The van der Waals surface area contributed by atoms with E-state index >= 15 is 0 Å². The summed E-state index contributed by atoms with van der Waals surface area (Å²) in [6.45, 7) is 0. The van der Waals surface area contributed by atoms with E-state index in [1.165, 1.54) is 92.8 Å². The van der Waals surface area contributed by atoms with E-state index in [0.29, 0.717) is 0 Å². The number of hydrogen-bond donors (Lipinski definition) is 0. The van der Waals surface area contributed by atoms with Crippen molar-refractivity contribution >= 4 is 119 Å². The fourth-order valence-corrected chi connectivity index (χ4v) is 14.6. The van der Waals surface area contributed by atoms with Crippen molar-refractivity contribution in [3.63, 3.8) is 0 Å². The van der Waals surface area contributed by atoms with Crippen molar-refractivity contribution in [3.8, 4) is 66.8 Å². The van der Waals surface area contributed by atoms with Gasteiger partial charge in [-0.3, -0.25) is 0 Å². The zero-order chi connectivity index (χ0) is 55.0. The topological polar surface area (TPSA) is 26.3 Å². The first kappa shape index (κ1) is 46.7. The van der Waals surface area contributed by atoms with Gasteiger partial charge in [0.15, 0.2) is 0 Å². The van der Waals surface area contributed by atoms with Gasteiger partial charge in [0.05, 0.1) is 0 Å². The summed E-state index contributed by atoms with van der Waals surface area (Å²) in [5.41, 5.74) is 17.3. The quantitative estimate of drug-likeness (QED) is 0.155. The van der Waals surface area contributed by atoms with Gasteiger partial charge in [0.2, 0.25) is 0 Å². The van der Waals surface area contributed by atoms with E-state index in [4.69, 9.17) is 8.83 Å². The molecule has 0 aliphatic heterocycles. The molecule has 84 heavy (non-hydrogen) atoms. The summed E-state index contributed by atoms with van der Waals surface area (Å²) < 4.78 is 15.1. The maximum Gasteiger partial charge on any atom is 0.143 e. The van der Waals surface area contributed by atoms with Gasteiger partial charge < -0.3 is 8.83 Å². The Kier molecular flexibility index (Phi) is 10.1. The van der Waals surface area contributed by atoms with Gasteiger partial charge in [0.25, 0.3) is 0 Å². The zero-order valence-corrected chi connectivity index (χ0v) is 45.5. The molecule has 2 heteroatoms. The SMILES string of the molecule is c1ccc(-c2c3ccccc3c(-c3ccc4c(c3)oc3c(-c5c6ccccc6c(-c6ccccc6)c6ccccc56)cc5cc(-c6c7ccccc7c(-c7ccccc7)c7ccccc67)c6oc7ccccc7c6c5c34)c3ccccc23)cc1. The van der Waals surface area contributed by atoms with Gasteiger partial charge in [-0.05, 0) is 145 Å². The summed E-state index contributed by atoms with van der Waals surface area (Å²) in [5.74, 6) is 0. The fraction of sp³-hybridized carbons (Fsp3) is 0. The van der Waals surface area contributed by atoms with Crippen LogP contribution in [0.25, 0.3) is 186 Å². The Balaban J connectivity index is 1.01. The molecular weight excluding hydrogens is 1020 g/mol. The molecule has 0 N–H and O–H groups in total. The van der Waals surface area contributed by atoms with Crippen LogP contribution < -0.4 is 0 Å². The molecular formula is C82H48O2. The first-order valence-corrected chi connectivity index (χ1v) is 29.0. The van der Waals surface area contributed by atoms with Gasteiger partial charge in [0.1, 0.15) is 22.3 Å². The van der Waals surface area contributed by atoms with E-state index in [9.17, 15) is 0 Å². The molecule has 0 radical (unpaired) electrons. The summed E-state index contributed by atoms with van der Waals surface area (Å²) in [6, 6.07) is 107. The second-order valence-corrected chi connectivity index (χ2v) is 22.4. The van der Waals surface area contributed by atoms with Crippen LogP contribution >= 0.6 is 0 Å². The molecule has 18 rings (SSSR count). The first-order chi connectivity index (χ1) is 41.7. The Labute approximate surface area is 483 Å². The molecule has 0 unspecified atom stereocenters. The Bertz CT molecular complexity index is 5600. The molecule has 0 aliphatic carbocycles. The second kappa shape index (κ2) is 18.2. The molecule has 0 saturated carbocycles. The minimum atomic E-state index is 0.824. The largest absolute Gasteiger partial charge is 0.455 e.